The van der Waals surface area contributed by atoms with Gasteiger partial charge in [0.2, 0.25) is 5.91 Å². The van der Waals surface area contributed by atoms with Gasteiger partial charge in [-0.3, -0.25) is 15.0 Å². The molecule has 0 aromatic heterocycles. The molecule has 0 aliphatic heterocycles. The summed E-state index contributed by atoms with van der Waals surface area (Å²) in [6, 6.07) is 19.7. The minimum absolute atomic E-state index is 0.0577. The number of phenolic OH excluding ortho intramolecular Hbond substituents is 1. The molecule has 0 radical (unpaired) electrons. The van der Waals surface area contributed by atoms with Crippen molar-refractivity contribution in [2.75, 3.05) is 11.1 Å². The van der Waals surface area contributed by atoms with E-state index in [4.69, 9.17) is 28.5 Å². The van der Waals surface area contributed by atoms with Gasteiger partial charge in [0, 0.05) is 52.6 Å². The van der Waals surface area contributed by atoms with E-state index in [0.717, 1.165) is 11.6 Å². The monoisotopic (exact) mass is 616 g/mol. The molecule has 44 heavy (non-hydrogen) atoms. The largest absolute Gasteiger partial charge is 0.505 e. The van der Waals surface area contributed by atoms with Gasteiger partial charge in [-0.2, -0.15) is 0 Å². The lowest BCUT2D eigenvalue weighted by molar-refractivity contribution is -0.120. The second kappa shape index (κ2) is 13.9. The maximum Gasteiger partial charge on any atom is 0.251 e. The maximum absolute atomic E-state index is 14.5. The number of anilines is 2. The van der Waals surface area contributed by atoms with E-state index in [0.29, 0.717) is 23.4 Å². The van der Waals surface area contributed by atoms with Gasteiger partial charge in [-0.25, -0.2) is 4.39 Å². The summed E-state index contributed by atoms with van der Waals surface area (Å²) in [7, 11) is 0. The number of amidine groups is 1. The standard InChI is InChI=1S/C33H34ClFN6O3/c1-18(2)41-28-15-26(34)30(22-10-23(12-24(36)11-22)33(44)40-16-19-6-4-3-5-7-19)25(31(28)43)14-29(42)39-17-21-9-8-20(32(37)38)13-27(21)35/h3-13,15,18,41,43H,14,16-17,36H2,1-2H3,(H3,37,38)(H,39,42)(H,40,44). The number of benzene rings is 4. The molecule has 0 spiro atoms. The number of nitrogens with one attached hydrogen (secondary N) is 4. The van der Waals surface area contributed by atoms with Crippen molar-refractivity contribution in [2.24, 2.45) is 5.73 Å². The maximum atomic E-state index is 14.5. The van der Waals surface area contributed by atoms with Gasteiger partial charge < -0.3 is 32.5 Å². The normalized spacial score (nSPS) is 10.8. The fourth-order valence-corrected chi connectivity index (χ4v) is 5.01. The second-order valence-electron chi connectivity index (χ2n) is 10.6. The average molecular weight is 617 g/mol. The first-order valence-corrected chi connectivity index (χ1v) is 14.2. The van der Waals surface area contributed by atoms with Crippen LogP contribution in [0.4, 0.5) is 15.8 Å². The van der Waals surface area contributed by atoms with Crippen LogP contribution in [0.1, 0.15) is 46.5 Å². The van der Waals surface area contributed by atoms with E-state index in [2.05, 4.69) is 16.0 Å². The van der Waals surface area contributed by atoms with Crippen molar-refractivity contribution in [3.63, 3.8) is 0 Å². The van der Waals surface area contributed by atoms with E-state index < -0.39 is 11.7 Å². The van der Waals surface area contributed by atoms with Crippen LogP contribution in [0.15, 0.2) is 72.8 Å². The Morgan fingerprint density at radius 3 is 2.36 bits per heavy atom. The highest BCUT2D eigenvalue weighted by Crippen LogP contribution is 2.43. The number of carbonyl (C=O) groups is 2. The molecule has 0 atom stereocenters. The third kappa shape index (κ3) is 7.84. The van der Waals surface area contributed by atoms with Gasteiger partial charge in [0.25, 0.3) is 5.91 Å². The first-order valence-electron chi connectivity index (χ1n) is 13.9. The van der Waals surface area contributed by atoms with Crippen LogP contribution in [0.5, 0.6) is 5.75 Å². The highest BCUT2D eigenvalue weighted by atomic mass is 35.5. The highest BCUT2D eigenvalue weighted by Gasteiger charge is 2.23. The van der Waals surface area contributed by atoms with Crippen molar-refractivity contribution < 1.29 is 19.1 Å². The Balaban J connectivity index is 1.65. The molecular weight excluding hydrogens is 583 g/mol. The van der Waals surface area contributed by atoms with E-state index in [-0.39, 0.29) is 69.5 Å². The van der Waals surface area contributed by atoms with Crippen molar-refractivity contribution in [1.29, 1.82) is 5.41 Å². The SMILES string of the molecule is CC(C)Nc1cc(Cl)c(-c2cc(N)cc(C(=O)NCc3ccccc3)c2)c(CC(=O)NCc2ccc(C(=N)N)cc2F)c1O. The van der Waals surface area contributed by atoms with Crippen LogP contribution < -0.4 is 27.4 Å². The molecule has 0 heterocycles. The third-order valence-corrected chi connectivity index (χ3v) is 7.07. The molecule has 0 saturated heterocycles. The average Bonchev–Trinajstić information content (AvgIpc) is 2.97. The van der Waals surface area contributed by atoms with Crippen molar-refractivity contribution in [2.45, 2.75) is 39.4 Å². The third-order valence-electron chi connectivity index (χ3n) is 6.78. The van der Waals surface area contributed by atoms with E-state index in [1.165, 1.54) is 18.2 Å². The van der Waals surface area contributed by atoms with Crippen LogP contribution >= 0.6 is 11.6 Å². The molecule has 4 rings (SSSR count). The van der Waals surface area contributed by atoms with E-state index in [1.807, 2.05) is 44.2 Å². The van der Waals surface area contributed by atoms with Crippen LogP contribution in [0.3, 0.4) is 0 Å². The number of hydrogen-bond acceptors (Lipinski definition) is 6. The van der Waals surface area contributed by atoms with Crippen molar-refractivity contribution in [3.8, 4) is 16.9 Å². The summed E-state index contributed by atoms with van der Waals surface area (Å²) in [6.45, 7) is 3.95. The lowest BCUT2D eigenvalue weighted by atomic mass is 9.93. The Kier molecular flexibility index (Phi) is 10.1. The summed E-state index contributed by atoms with van der Waals surface area (Å²) >= 11 is 6.77. The molecule has 9 nitrogen and oxygen atoms in total. The molecule has 0 unspecified atom stereocenters. The lowest BCUT2D eigenvalue weighted by Crippen LogP contribution is -2.26. The van der Waals surface area contributed by atoms with Crippen molar-refractivity contribution >= 4 is 40.6 Å². The summed E-state index contributed by atoms with van der Waals surface area (Å²) in [6.07, 6.45) is -0.314. The van der Waals surface area contributed by atoms with E-state index >= 15 is 0 Å². The van der Waals surface area contributed by atoms with Crippen LogP contribution in [0, 0.1) is 11.2 Å². The van der Waals surface area contributed by atoms with Crippen LogP contribution in [0.25, 0.3) is 11.1 Å². The number of nitrogens with two attached hydrogens (primary N) is 2. The highest BCUT2D eigenvalue weighted by molar-refractivity contribution is 6.34. The molecule has 0 aliphatic rings. The van der Waals surface area contributed by atoms with Crippen LogP contribution in [-0.4, -0.2) is 28.8 Å². The molecule has 0 aliphatic carbocycles. The molecule has 11 heteroatoms. The Labute approximate surface area is 259 Å². The number of phenols is 1. The lowest BCUT2D eigenvalue weighted by Gasteiger charge is -2.20. The Morgan fingerprint density at radius 2 is 1.70 bits per heavy atom. The zero-order valence-electron chi connectivity index (χ0n) is 24.3. The van der Waals surface area contributed by atoms with Gasteiger partial charge in [-0.05, 0) is 55.3 Å². The molecule has 4 aromatic carbocycles. The number of aromatic hydroxyl groups is 1. The molecular formula is C33H34ClFN6O3. The van der Waals surface area contributed by atoms with Gasteiger partial charge in [0.15, 0.2) is 0 Å². The Hall–Kier alpha value is -5.09. The summed E-state index contributed by atoms with van der Waals surface area (Å²) in [5.74, 6) is -1.96. The topological polar surface area (TPSA) is 166 Å². The minimum atomic E-state index is -0.620. The molecule has 228 valence electrons. The number of halogens is 2. The summed E-state index contributed by atoms with van der Waals surface area (Å²) in [5.41, 5.74) is 14.8. The minimum Gasteiger partial charge on any atom is -0.505 e. The molecule has 9 N–H and O–H groups in total. The summed E-state index contributed by atoms with van der Waals surface area (Å²) in [4.78, 5) is 26.2. The summed E-state index contributed by atoms with van der Waals surface area (Å²) in [5, 5.41) is 27.7. The molecule has 4 aromatic rings. The van der Waals surface area contributed by atoms with E-state index in [1.54, 1.807) is 18.2 Å². The fourth-order valence-electron chi connectivity index (χ4n) is 4.68. The van der Waals surface area contributed by atoms with Gasteiger partial charge in [-0.15, -0.1) is 0 Å². The van der Waals surface area contributed by atoms with E-state index in [9.17, 15) is 19.1 Å². The predicted octanol–water partition coefficient (Wildman–Crippen LogP) is 5.33. The van der Waals surface area contributed by atoms with Gasteiger partial charge >= 0.3 is 0 Å². The number of hydrogen-bond donors (Lipinski definition) is 7. The van der Waals surface area contributed by atoms with Crippen LogP contribution in [-0.2, 0) is 24.3 Å². The second-order valence-corrected chi connectivity index (χ2v) is 11.0. The van der Waals surface area contributed by atoms with Crippen molar-refractivity contribution in [1.82, 2.24) is 10.6 Å². The van der Waals surface area contributed by atoms with Gasteiger partial charge in [0.1, 0.15) is 17.4 Å². The van der Waals surface area contributed by atoms with Gasteiger partial charge in [0.05, 0.1) is 17.1 Å². The summed E-state index contributed by atoms with van der Waals surface area (Å²) < 4.78 is 14.5. The number of amides is 2. The molecule has 0 fully saturated rings. The number of rotatable bonds is 11. The van der Waals surface area contributed by atoms with Crippen molar-refractivity contribution in [3.05, 3.63) is 111 Å². The molecule has 0 saturated carbocycles. The zero-order valence-corrected chi connectivity index (χ0v) is 25.1. The first kappa shape index (κ1) is 31.8. The molecule has 0 bridgehead atoms. The fraction of sp³-hybridized carbons (Fsp3) is 0.182. The Bertz CT molecular complexity index is 1710. The number of carbonyl (C=O) groups excluding carboxylic acids is 2. The Morgan fingerprint density at radius 1 is 0.977 bits per heavy atom. The molecule has 2 amide bonds. The predicted molar refractivity (Wildman–Crippen MR) is 172 cm³/mol. The smallest absolute Gasteiger partial charge is 0.251 e. The van der Waals surface area contributed by atoms with Crippen LogP contribution in [0.2, 0.25) is 5.02 Å². The van der Waals surface area contributed by atoms with Gasteiger partial charge in [-0.1, -0.05) is 54.1 Å². The first-order chi connectivity index (χ1) is 20.9. The quantitative estimate of drug-likeness (QED) is 0.0521. The number of nitrogen functional groups attached to an aromatic ring is 2. The zero-order chi connectivity index (χ0) is 32.0.